The predicted octanol–water partition coefficient (Wildman–Crippen LogP) is 3.66. The highest BCUT2D eigenvalue weighted by atomic mass is 32.1. The van der Waals surface area contributed by atoms with Gasteiger partial charge < -0.3 is 4.74 Å². The van der Waals surface area contributed by atoms with E-state index in [4.69, 9.17) is 9.72 Å². The Labute approximate surface area is 163 Å². The molecule has 2 aliphatic heterocycles. The van der Waals surface area contributed by atoms with E-state index in [0.717, 1.165) is 68.3 Å². The van der Waals surface area contributed by atoms with E-state index in [1.54, 1.807) is 11.3 Å². The molecule has 2 aromatic heterocycles. The lowest BCUT2D eigenvalue weighted by Gasteiger charge is -2.44. The molecule has 1 fully saturated rings. The van der Waals surface area contributed by atoms with Gasteiger partial charge in [-0.3, -0.25) is 4.90 Å². The van der Waals surface area contributed by atoms with Crippen molar-refractivity contribution in [2.45, 2.75) is 31.4 Å². The Morgan fingerprint density at radius 2 is 1.96 bits per heavy atom. The van der Waals surface area contributed by atoms with E-state index in [2.05, 4.69) is 32.4 Å². The summed E-state index contributed by atoms with van der Waals surface area (Å²) in [5.41, 5.74) is 6.21. The molecule has 5 rings (SSSR count). The molecule has 1 saturated heterocycles. The number of rotatable bonds is 3. The number of aromatic nitrogens is 3. The summed E-state index contributed by atoms with van der Waals surface area (Å²) < 4.78 is 6.38. The van der Waals surface area contributed by atoms with Crippen LogP contribution in [0.1, 0.15) is 29.8 Å². The van der Waals surface area contributed by atoms with Crippen LogP contribution in [0.15, 0.2) is 47.4 Å². The lowest BCUT2D eigenvalue weighted by Crippen LogP contribution is -2.47. The van der Waals surface area contributed by atoms with Gasteiger partial charge in [-0.05, 0) is 24.8 Å². The summed E-state index contributed by atoms with van der Waals surface area (Å²) in [7, 11) is 0. The monoisotopic (exact) mass is 378 g/mol. The zero-order valence-electron chi connectivity index (χ0n) is 15.2. The van der Waals surface area contributed by atoms with Crippen molar-refractivity contribution in [2.24, 2.45) is 0 Å². The molecule has 0 unspecified atom stereocenters. The van der Waals surface area contributed by atoms with Crippen molar-refractivity contribution in [1.82, 2.24) is 19.9 Å². The van der Waals surface area contributed by atoms with E-state index in [-0.39, 0.29) is 5.60 Å². The highest BCUT2D eigenvalue weighted by molar-refractivity contribution is 7.07. The van der Waals surface area contributed by atoms with Crippen LogP contribution >= 0.6 is 11.3 Å². The maximum absolute atomic E-state index is 6.38. The minimum atomic E-state index is -0.265. The SMILES string of the molecule is c1ccc(-c2ncc3c(n2)C2(CCN(Cc4cscn4)CC2)OCC3)cc1. The summed E-state index contributed by atoms with van der Waals surface area (Å²) in [6, 6.07) is 10.2. The van der Waals surface area contributed by atoms with Gasteiger partial charge in [-0.2, -0.15) is 0 Å². The minimum Gasteiger partial charge on any atom is -0.368 e. The van der Waals surface area contributed by atoms with Crippen LogP contribution < -0.4 is 0 Å². The first kappa shape index (κ1) is 17.0. The van der Waals surface area contributed by atoms with Gasteiger partial charge in [-0.25, -0.2) is 15.0 Å². The molecular weight excluding hydrogens is 356 g/mol. The Kier molecular flexibility index (Phi) is 4.47. The average molecular weight is 379 g/mol. The van der Waals surface area contributed by atoms with Gasteiger partial charge in [0.25, 0.3) is 0 Å². The summed E-state index contributed by atoms with van der Waals surface area (Å²) >= 11 is 1.66. The molecule has 4 heterocycles. The van der Waals surface area contributed by atoms with Crippen molar-refractivity contribution in [3.8, 4) is 11.4 Å². The molecular formula is C21H22N4OS. The van der Waals surface area contributed by atoms with Crippen molar-refractivity contribution < 1.29 is 4.74 Å². The number of hydrogen-bond acceptors (Lipinski definition) is 6. The first-order valence-corrected chi connectivity index (χ1v) is 10.4. The number of fused-ring (bicyclic) bond motifs is 2. The Balaban J connectivity index is 1.41. The Morgan fingerprint density at radius 1 is 1.11 bits per heavy atom. The van der Waals surface area contributed by atoms with Crippen LogP contribution in [-0.2, 0) is 23.3 Å². The highest BCUT2D eigenvalue weighted by Gasteiger charge is 2.42. The number of thiazole rings is 1. The number of benzene rings is 1. The van der Waals surface area contributed by atoms with Crippen LogP contribution in [0.4, 0.5) is 0 Å². The lowest BCUT2D eigenvalue weighted by atomic mass is 9.83. The van der Waals surface area contributed by atoms with Crippen molar-refractivity contribution >= 4 is 11.3 Å². The van der Waals surface area contributed by atoms with Gasteiger partial charge in [-0.15, -0.1) is 11.3 Å². The van der Waals surface area contributed by atoms with Crippen LogP contribution in [0.2, 0.25) is 0 Å². The minimum absolute atomic E-state index is 0.265. The normalized spacial score (nSPS) is 19.1. The molecule has 0 amide bonds. The molecule has 0 saturated carbocycles. The number of ether oxygens (including phenoxy) is 1. The smallest absolute Gasteiger partial charge is 0.159 e. The van der Waals surface area contributed by atoms with Crippen molar-refractivity contribution in [3.63, 3.8) is 0 Å². The zero-order valence-corrected chi connectivity index (χ0v) is 16.0. The van der Waals surface area contributed by atoms with E-state index < -0.39 is 0 Å². The summed E-state index contributed by atoms with van der Waals surface area (Å²) in [5.74, 6) is 0.795. The molecule has 2 aliphatic rings. The summed E-state index contributed by atoms with van der Waals surface area (Å²) in [6.45, 7) is 3.68. The standard InChI is InChI=1S/C21H22N4OS/c1-2-4-16(5-3-1)20-22-12-17-6-11-26-21(19(17)24-20)7-9-25(10-8-21)13-18-14-27-15-23-18/h1-5,12,14-15H,6-11,13H2. The molecule has 138 valence electrons. The predicted molar refractivity (Wildman–Crippen MR) is 105 cm³/mol. The topological polar surface area (TPSA) is 51.1 Å². The third-order valence-corrected chi connectivity index (χ3v) is 6.25. The van der Waals surface area contributed by atoms with E-state index in [1.165, 1.54) is 5.56 Å². The molecule has 27 heavy (non-hydrogen) atoms. The molecule has 0 radical (unpaired) electrons. The van der Waals surface area contributed by atoms with Crippen LogP contribution in [0.25, 0.3) is 11.4 Å². The van der Waals surface area contributed by atoms with Crippen LogP contribution in [0, 0.1) is 0 Å². The van der Waals surface area contributed by atoms with Gasteiger partial charge in [0.15, 0.2) is 5.82 Å². The van der Waals surface area contributed by atoms with Crippen LogP contribution in [0.5, 0.6) is 0 Å². The fourth-order valence-electron chi connectivity index (χ4n) is 4.13. The summed E-state index contributed by atoms with van der Waals surface area (Å²) in [4.78, 5) is 16.5. The largest absolute Gasteiger partial charge is 0.368 e. The number of piperidine rings is 1. The van der Waals surface area contributed by atoms with Gasteiger partial charge in [-0.1, -0.05) is 30.3 Å². The average Bonchev–Trinajstić information content (AvgIpc) is 3.24. The van der Waals surface area contributed by atoms with Gasteiger partial charge in [0.05, 0.1) is 23.5 Å². The molecule has 1 spiro atoms. The summed E-state index contributed by atoms with van der Waals surface area (Å²) in [5, 5.41) is 2.14. The number of likely N-dealkylation sites (tertiary alicyclic amines) is 1. The molecule has 0 atom stereocenters. The molecule has 3 aromatic rings. The number of nitrogens with zero attached hydrogens (tertiary/aromatic N) is 4. The Hall–Kier alpha value is -2.15. The third kappa shape index (κ3) is 3.29. The van der Waals surface area contributed by atoms with Crippen molar-refractivity contribution in [3.05, 3.63) is 64.4 Å². The van der Waals surface area contributed by atoms with Gasteiger partial charge in [0.1, 0.15) is 5.60 Å². The first-order chi connectivity index (χ1) is 13.3. The molecule has 0 bridgehead atoms. The maximum Gasteiger partial charge on any atom is 0.159 e. The Bertz CT molecular complexity index is 905. The first-order valence-electron chi connectivity index (χ1n) is 9.48. The van der Waals surface area contributed by atoms with Crippen LogP contribution in [0.3, 0.4) is 0 Å². The second-order valence-electron chi connectivity index (χ2n) is 7.28. The number of hydrogen-bond donors (Lipinski definition) is 0. The second kappa shape index (κ2) is 7.11. The van der Waals surface area contributed by atoms with Gasteiger partial charge >= 0.3 is 0 Å². The van der Waals surface area contributed by atoms with Gasteiger partial charge in [0.2, 0.25) is 0 Å². The van der Waals surface area contributed by atoms with E-state index in [1.807, 2.05) is 29.9 Å². The van der Waals surface area contributed by atoms with Crippen molar-refractivity contribution in [1.29, 1.82) is 0 Å². The Morgan fingerprint density at radius 3 is 2.74 bits per heavy atom. The molecule has 5 nitrogen and oxygen atoms in total. The lowest BCUT2D eigenvalue weighted by molar-refractivity contribution is -0.102. The van der Waals surface area contributed by atoms with E-state index in [9.17, 15) is 0 Å². The van der Waals surface area contributed by atoms with Crippen molar-refractivity contribution in [2.75, 3.05) is 19.7 Å². The molecule has 0 N–H and O–H groups in total. The fourth-order valence-corrected chi connectivity index (χ4v) is 4.68. The van der Waals surface area contributed by atoms with Crippen LogP contribution in [-0.4, -0.2) is 39.5 Å². The summed E-state index contributed by atoms with van der Waals surface area (Å²) in [6.07, 6.45) is 4.84. The molecule has 0 aliphatic carbocycles. The van der Waals surface area contributed by atoms with E-state index >= 15 is 0 Å². The third-order valence-electron chi connectivity index (χ3n) is 5.61. The zero-order chi connectivity index (χ0) is 18.1. The second-order valence-corrected chi connectivity index (χ2v) is 8.00. The molecule has 6 heteroatoms. The maximum atomic E-state index is 6.38. The highest BCUT2D eigenvalue weighted by Crippen LogP contribution is 2.41. The van der Waals surface area contributed by atoms with Gasteiger partial charge in [0, 0.05) is 36.8 Å². The van der Waals surface area contributed by atoms with E-state index in [0.29, 0.717) is 0 Å². The quantitative estimate of drug-likeness (QED) is 0.696. The molecule has 1 aromatic carbocycles. The fraction of sp³-hybridized carbons (Fsp3) is 0.381.